The summed E-state index contributed by atoms with van der Waals surface area (Å²) < 4.78 is 76.0. The van der Waals surface area contributed by atoms with Crippen molar-refractivity contribution in [1.82, 2.24) is 9.97 Å². The van der Waals surface area contributed by atoms with E-state index in [4.69, 9.17) is 14.6 Å². The molecule has 0 amide bonds. The largest absolute Gasteiger partial charge is 0.471 e. The van der Waals surface area contributed by atoms with E-state index >= 15 is 0 Å². The molecular formula is C24H26F3N3O5S. The van der Waals surface area contributed by atoms with Crippen LogP contribution in [0.15, 0.2) is 65.7 Å². The topological polar surface area (TPSA) is 111 Å². The molecule has 194 valence electrons. The van der Waals surface area contributed by atoms with Gasteiger partial charge in [0.05, 0.1) is 30.0 Å². The molecule has 0 spiro atoms. The third-order valence-electron chi connectivity index (χ3n) is 5.20. The summed E-state index contributed by atoms with van der Waals surface area (Å²) in [6.07, 6.45) is -5.45. The Morgan fingerprint density at radius 1 is 1.03 bits per heavy atom. The molecule has 0 radical (unpaired) electrons. The van der Waals surface area contributed by atoms with Crippen LogP contribution in [0.4, 0.5) is 24.8 Å². The lowest BCUT2D eigenvalue weighted by Gasteiger charge is -2.23. The molecule has 3 rings (SSSR count). The van der Waals surface area contributed by atoms with Gasteiger partial charge in [-0.3, -0.25) is 0 Å². The minimum atomic E-state index is -4.75. The molecule has 2 atom stereocenters. The van der Waals surface area contributed by atoms with E-state index in [-0.39, 0.29) is 17.5 Å². The van der Waals surface area contributed by atoms with E-state index in [1.165, 1.54) is 24.3 Å². The summed E-state index contributed by atoms with van der Waals surface area (Å²) in [5.41, 5.74) is 0.119. The van der Waals surface area contributed by atoms with Crippen molar-refractivity contribution in [1.29, 1.82) is 0 Å². The number of benzene rings is 2. The number of aromatic nitrogens is 2. The Morgan fingerprint density at radius 2 is 1.69 bits per heavy atom. The number of hydrogen-bond donors (Lipinski definition) is 2. The fraction of sp³-hybridized carbons (Fsp3) is 0.333. The molecule has 1 aromatic heterocycles. The lowest BCUT2D eigenvalue weighted by atomic mass is 10.2. The van der Waals surface area contributed by atoms with Crippen LogP contribution in [-0.2, 0) is 27.4 Å². The Balaban J connectivity index is 1.75. The number of aliphatic hydroxyl groups excluding tert-OH is 1. The average molecular weight is 526 g/mol. The van der Waals surface area contributed by atoms with Gasteiger partial charge in [-0.25, -0.2) is 13.4 Å². The molecule has 8 nitrogen and oxygen atoms in total. The maximum atomic E-state index is 13.6. The third-order valence-corrected chi connectivity index (χ3v) is 6.91. The SMILES string of the molecule is CC(OCc1ccccc1)C(C)Oc1nc(Nc2ccc(S(=O)(=O)CCO)cc2)ncc1C(F)(F)F. The average Bonchev–Trinajstić information content (AvgIpc) is 2.83. The lowest BCUT2D eigenvalue weighted by Crippen LogP contribution is -2.30. The number of aliphatic hydroxyl groups is 1. The van der Waals surface area contributed by atoms with Crippen LogP contribution in [0.3, 0.4) is 0 Å². The maximum absolute atomic E-state index is 13.6. The van der Waals surface area contributed by atoms with Gasteiger partial charge in [-0.1, -0.05) is 30.3 Å². The highest BCUT2D eigenvalue weighted by molar-refractivity contribution is 7.91. The molecule has 2 unspecified atom stereocenters. The number of anilines is 2. The summed E-state index contributed by atoms with van der Waals surface area (Å²) >= 11 is 0. The number of sulfone groups is 1. The summed E-state index contributed by atoms with van der Waals surface area (Å²) in [4.78, 5) is 7.63. The minimum Gasteiger partial charge on any atom is -0.471 e. The molecular weight excluding hydrogens is 499 g/mol. The Bertz CT molecular complexity index is 1240. The number of ether oxygens (including phenoxy) is 2. The van der Waals surface area contributed by atoms with E-state index in [0.29, 0.717) is 11.9 Å². The molecule has 2 N–H and O–H groups in total. The normalized spacial score (nSPS) is 13.7. The Morgan fingerprint density at radius 3 is 2.31 bits per heavy atom. The minimum absolute atomic E-state index is 0.00206. The van der Waals surface area contributed by atoms with Gasteiger partial charge in [-0.05, 0) is 43.7 Å². The van der Waals surface area contributed by atoms with E-state index < -0.39 is 52.0 Å². The fourth-order valence-electron chi connectivity index (χ4n) is 3.03. The van der Waals surface area contributed by atoms with Gasteiger partial charge in [0.25, 0.3) is 0 Å². The predicted octanol–water partition coefficient (Wildman–Crippen LogP) is 4.38. The molecule has 2 aromatic carbocycles. The molecule has 0 aliphatic heterocycles. The number of nitrogens with zero attached hydrogens (tertiary/aromatic N) is 2. The highest BCUT2D eigenvalue weighted by Crippen LogP contribution is 2.36. The molecule has 1 heterocycles. The number of rotatable bonds is 11. The molecule has 0 saturated carbocycles. The number of alkyl halides is 3. The summed E-state index contributed by atoms with van der Waals surface area (Å²) in [5, 5.41) is 11.6. The van der Waals surface area contributed by atoms with Gasteiger partial charge >= 0.3 is 6.18 Å². The number of halogens is 3. The summed E-state index contributed by atoms with van der Waals surface area (Å²) in [7, 11) is -3.64. The van der Waals surface area contributed by atoms with Crippen LogP contribution in [-0.4, -0.2) is 48.1 Å². The monoisotopic (exact) mass is 525 g/mol. The molecule has 0 aliphatic rings. The Hall–Kier alpha value is -3.22. The van der Waals surface area contributed by atoms with Crippen LogP contribution in [0.5, 0.6) is 5.88 Å². The van der Waals surface area contributed by atoms with Crippen LogP contribution in [0, 0.1) is 0 Å². The molecule has 0 fully saturated rings. The third kappa shape index (κ3) is 7.39. The van der Waals surface area contributed by atoms with Gasteiger partial charge in [0.1, 0.15) is 11.7 Å². The van der Waals surface area contributed by atoms with Crippen molar-refractivity contribution >= 4 is 21.5 Å². The van der Waals surface area contributed by atoms with Crippen LogP contribution in [0.25, 0.3) is 0 Å². The molecule has 12 heteroatoms. The number of hydrogen-bond acceptors (Lipinski definition) is 8. The first kappa shape index (κ1) is 27.4. The Labute approximate surface area is 207 Å². The molecule has 0 aliphatic carbocycles. The quantitative estimate of drug-likeness (QED) is 0.380. The van der Waals surface area contributed by atoms with Crippen molar-refractivity contribution in [3.63, 3.8) is 0 Å². The van der Waals surface area contributed by atoms with Gasteiger partial charge in [0.2, 0.25) is 11.8 Å². The second-order valence-electron chi connectivity index (χ2n) is 7.93. The highest BCUT2D eigenvalue weighted by atomic mass is 32.2. The van der Waals surface area contributed by atoms with Crippen molar-refractivity contribution in [3.05, 3.63) is 71.9 Å². The second kappa shape index (κ2) is 11.7. The molecule has 3 aromatic rings. The summed E-state index contributed by atoms with van der Waals surface area (Å²) in [6.45, 7) is 3.02. The van der Waals surface area contributed by atoms with E-state index in [1.54, 1.807) is 13.8 Å². The first-order chi connectivity index (χ1) is 17.0. The van der Waals surface area contributed by atoms with E-state index in [1.807, 2.05) is 30.3 Å². The van der Waals surface area contributed by atoms with Gasteiger partial charge in [-0.2, -0.15) is 18.2 Å². The smallest absolute Gasteiger partial charge is 0.423 e. The standard InChI is InChI=1S/C24H26F3N3O5S/c1-16(34-15-18-6-4-3-5-7-18)17(2)35-22-21(24(25,26)27)14-28-23(30-22)29-19-8-10-20(11-9-19)36(32,33)13-12-31/h3-11,14,16-17,31H,12-13,15H2,1-2H3,(H,28,29,30). The van der Waals surface area contributed by atoms with Crippen LogP contribution < -0.4 is 10.1 Å². The first-order valence-electron chi connectivity index (χ1n) is 11.0. The molecule has 0 saturated heterocycles. The summed E-state index contributed by atoms with van der Waals surface area (Å²) in [6, 6.07) is 14.8. The number of nitrogens with one attached hydrogen (secondary N) is 1. The van der Waals surface area contributed by atoms with Gasteiger partial charge < -0.3 is 19.9 Å². The van der Waals surface area contributed by atoms with Crippen molar-refractivity contribution in [3.8, 4) is 5.88 Å². The van der Waals surface area contributed by atoms with E-state index in [0.717, 1.165) is 5.56 Å². The molecule has 0 bridgehead atoms. The van der Waals surface area contributed by atoms with Gasteiger partial charge in [-0.15, -0.1) is 0 Å². The predicted molar refractivity (Wildman–Crippen MR) is 127 cm³/mol. The van der Waals surface area contributed by atoms with Crippen molar-refractivity contribution in [2.75, 3.05) is 17.7 Å². The van der Waals surface area contributed by atoms with Crippen LogP contribution >= 0.6 is 0 Å². The van der Waals surface area contributed by atoms with Gasteiger partial charge in [0.15, 0.2) is 9.84 Å². The zero-order chi connectivity index (χ0) is 26.3. The fourth-order valence-corrected chi connectivity index (χ4v) is 4.06. The van der Waals surface area contributed by atoms with Gasteiger partial charge in [0, 0.05) is 11.9 Å². The second-order valence-corrected chi connectivity index (χ2v) is 10.0. The van der Waals surface area contributed by atoms with Crippen molar-refractivity contribution in [2.24, 2.45) is 0 Å². The maximum Gasteiger partial charge on any atom is 0.423 e. The zero-order valence-electron chi connectivity index (χ0n) is 19.6. The van der Waals surface area contributed by atoms with Crippen molar-refractivity contribution in [2.45, 2.75) is 43.7 Å². The summed E-state index contributed by atoms with van der Waals surface area (Å²) in [5.74, 6) is -1.26. The Kier molecular flexibility index (Phi) is 8.88. The lowest BCUT2D eigenvalue weighted by molar-refractivity contribution is -0.140. The van der Waals surface area contributed by atoms with Crippen molar-refractivity contribution < 1.29 is 36.2 Å². The van der Waals surface area contributed by atoms with E-state index in [9.17, 15) is 21.6 Å². The van der Waals surface area contributed by atoms with Crippen LogP contribution in [0.2, 0.25) is 0 Å². The molecule has 36 heavy (non-hydrogen) atoms. The zero-order valence-corrected chi connectivity index (χ0v) is 20.4. The first-order valence-corrected chi connectivity index (χ1v) is 12.6. The highest BCUT2D eigenvalue weighted by Gasteiger charge is 2.37. The van der Waals surface area contributed by atoms with E-state index in [2.05, 4.69) is 15.3 Å². The van der Waals surface area contributed by atoms with Crippen LogP contribution in [0.1, 0.15) is 25.0 Å².